The number of hydrogen-bond acceptors (Lipinski definition) is 3. The molecule has 5 nitrogen and oxygen atoms in total. The third-order valence-corrected chi connectivity index (χ3v) is 3.03. The Balaban J connectivity index is 2.05. The van der Waals surface area contributed by atoms with E-state index in [1.165, 1.54) is 0 Å². The first-order valence-corrected chi connectivity index (χ1v) is 5.83. The number of para-hydroxylation sites is 2. The van der Waals surface area contributed by atoms with Gasteiger partial charge in [0.2, 0.25) is 5.91 Å². The summed E-state index contributed by atoms with van der Waals surface area (Å²) in [5.41, 5.74) is 1.62. The summed E-state index contributed by atoms with van der Waals surface area (Å²) in [5, 5.41) is 13.7. The maximum atomic E-state index is 11.8. The molecular weight excluding hydrogens is 230 g/mol. The third-order valence-electron chi connectivity index (χ3n) is 3.03. The highest BCUT2D eigenvalue weighted by Gasteiger charge is 2.30. The largest absolute Gasteiger partial charge is 0.391 e. The van der Waals surface area contributed by atoms with Crippen LogP contribution < -0.4 is 4.90 Å². The molecule has 0 bridgehead atoms. The molecule has 1 amide bonds. The van der Waals surface area contributed by atoms with Gasteiger partial charge < -0.3 is 10.0 Å². The van der Waals surface area contributed by atoms with Crippen molar-refractivity contribution in [1.82, 2.24) is 9.78 Å². The molecule has 92 valence electrons. The molecule has 0 radical (unpaired) electrons. The van der Waals surface area contributed by atoms with E-state index in [9.17, 15) is 9.90 Å². The fourth-order valence-corrected chi connectivity index (χ4v) is 2.22. The van der Waals surface area contributed by atoms with E-state index in [1.54, 1.807) is 15.8 Å². The van der Waals surface area contributed by atoms with E-state index in [-0.39, 0.29) is 12.3 Å². The van der Waals surface area contributed by atoms with Crippen LogP contribution in [0.3, 0.4) is 0 Å². The molecule has 1 aliphatic rings. The SMILES string of the molecule is O=C1CC(O)CN1c1ccccc1-n1cccn1. The Hall–Kier alpha value is -2.14. The van der Waals surface area contributed by atoms with Crippen LogP contribution >= 0.6 is 0 Å². The smallest absolute Gasteiger partial charge is 0.229 e. The topological polar surface area (TPSA) is 58.4 Å². The molecule has 1 aromatic heterocycles. The Kier molecular flexibility index (Phi) is 2.60. The molecule has 0 spiro atoms. The Morgan fingerprint density at radius 2 is 2.00 bits per heavy atom. The summed E-state index contributed by atoms with van der Waals surface area (Å²) in [6.45, 7) is 0.344. The minimum absolute atomic E-state index is 0.0536. The molecule has 18 heavy (non-hydrogen) atoms. The Morgan fingerprint density at radius 1 is 1.22 bits per heavy atom. The first-order valence-electron chi connectivity index (χ1n) is 5.83. The quantitative estimate of drug-likeness (QED) is 0.855. The number of aliphatic hydroxyl groups excluding tert-OH is 1. The van der Waals surface area contributed by atoms with Crippen LogP contribution in [0.25, 0.3) is 5.69 Å². The van der Waals surface area contributed by atoms with Crippen LogP contribution in [0.5, 0.6) is 0 Å². The summed E-state index contributed by atoms with van der Waals surface area (Å²) < 4.78 is 1.72. The number of nitrogens with zero attached hydrogens (tertiary/aromatic N) is 3. The number of hydrogen-bond donors (Lipinski definition) is 1. The van der Waals surface area contributed by atoms with Crippen LogP contribution in [-0.4, -0.2) is 33.4 Å². The zero-order valence-corrected chi connectivity index (χ0v) is 9.73. The Morgan fingerprint density at radius 3 is 2.61 bits per heavy atom. The van der Waals surface area contributed by atoms with Gasteiger partial charge in [-0.15, -0.1) is 0 Å². The summed E-state index contributed by atoms with van der Waals surface area (Å²) in [4.78, 5) is 13.5. The van der Waals surface area contributed by atoms with Crippen molar-refractivity contribution in [3.63, 3.8) is 0 Å². The van der Waals surface area contributed by atoms with Crippen LogP contribution in [0.1, 0.15) is 6.42 Å². The fourth-order valence-electron chi connectivity index (χ4n) is 2.22. The Labute approximate surface area is 104 Å². The molecule has 5 heteroatoms. The van der Waals surface area contributed by atoms with Gasteiger partial charge in [-0.1, -0.05) is 12.1 Å². The van der Waals surface area contributed by atoms with Gasteiger partial charge in [-0.2, -0.15) is 5.10 Å². The molecule has 0 saturated carbocycles. The van der Waals surface area contributed by atoms with E-state index in [4.69, 9.17) is 0 Å². The van der Waals surface area contributed by atoms with Crippen molar-refractivity contribution in [2.24, 2.45) is 0 Å². The summed E-state index contributed by atoms with van der Waals surface area (Å²) in [5.74, 6) is -0.0536. The van der Waals surface area contributed by atoms with E-state index in [0.717, 1.165) is 11.4 Å². The van der Waals surface area contributed by atoms with Crippen LogP contribution in [-0.2, 0) is 4.79 Å². The van der Waals surface area contributed by atoms with Crippen molar-refractivity contribution in [2.45, 2.75) is 12.5 Å². The molecule has 3 rings (SSSR count). The standard InChI is InChI=1S/C13H13N3O2/c17-10-8-13(18)15(9-10)11-4-1-2-5-12(11)16-7-3-6-14-16/h1-7,10,17H,8-9H2. The maximum absolute atomic E-state index is 11.8. The minimum atomic E-state index is -0.580. The molecule has 1 saturated heterocycles. The molecule has 2 heterocycles. The average molecular weight is 243 g/mol. The van der Waals surface area contributed by atoms with E-state index in [0.29, 0.717) is 6.54 Å². The second-order valence-corrected chi connectivity index (χ2v) is 4.30. The number of amides is 1. The lowest BCUT2D eigenvalue weighted by Gasteiger charge is -2.19. The van der Waals surface area contributed by atoms with E-state index in [2.05, 4.69) is 5.10 Å². The van der Waals surface area contributed by atoms with E-state index in [1.807, 2.05) is 36.5 Å². The van der Waals surface area contributed by atoms with Crippen molar-refractivity contribution >= 4 is 11.6 Å². The van der Waals surface area contributed by atoms with Crippen molar-refractivity contribution in [2.75, 3.05) is 11.4 Å². The van der Waals surface area contributed by atoms with Crippen molar-refractivity contribution < 1.29 is 9.90 Å². The second kappa shape index (κ2) is 4.27. The first kappa shape index (κ1) is 11.0. The summed E-state index contributed by atoms with van der Waals surface area (Å²) in [6.07, 6.45) is 3.13. The van der Waals surface area contributed by atoms with Gasteiger partial charge in [0, 0.05) is 12.4 Å². The van der Waals surface area contributed by atoms with Crippen molar-refractivity contribution in [3.8, 4) is 5.69 Å². The van der Waals surface area contributed by atoms with Gasteiger partial charge in [0.25, 0.3) is 0 Å². The first-order chi connectivity index (χ1) is 8.75. The molecule has 0 aliphatic carbocycles. The Bertz CT molecular complexity index is 565. The van der Waals surface area contributed by atoms with E-state index >= 15 is 0 Å². The number of aromatic nitrogens is 2. The molecule has 1 fully saturated rings. The van der Waals surface area contributed by atoms with Gasteiger partial charge in [0.05, 0.1) is 30.4 Å². The molecule has 1 N–H and O–H groups in total. The van der Waals surface area contributed by atoms with Gasteiger partial charge >= 0.3 is 0 Å². The third kappa shape index (κ3) is 1.78. The van der Waals surface area contributed by atoms with Gasteiger partial charge in [0.15, 0.2) is 0 Å². The van der Waals surface area contributed by atoms with Crippen molar-refractivity contribution in [1.29, 1.82) is 0 Å². The number of β-amino-alcohol motifs (C(OH)–C–C–N with tert-alkyl or cyclic N) is 1. The predicted octanol–water partition coefficient (Wildman–Crippen LogP) is 0.970. The molecule has 1 unspecified atom stereocenters. The second-order valence-electron chi connectivity index (χ2n) is 4.30. The number of anilines is 1. The van der Waals surface area contributed by atoms with Crippen LogP contribution in [0, 0.1) is 0 Å². The highest BCUT2D eigenvalue weighted by atomic mass is 16.3. The predicted molar refractivity (Wildman–Crippen MR) is 66.5 cm³/mol. The zero-order chi connectivity index (χ0) is 12.5. The van der Waals surface area contributed by atoms with Gasteiger partial charge in [0.1, 0.15) is 0 Å². The maximum Gasteiger partial charge on any atom is 0.229 e. The molecular formula is C13H13N3O2. The van der Waals surface area contributed by atoms with Crippen LogP contribution in [0.4, 0.5) is 5.69 Å². The zero-order valence-electron chi connectivity index (χ0n) is 9.73. The number of aliphatic hydroxyl groups is 1. The normalized spacial score (nSPS) is 19.5. The fraction of sp³-hybridized carbons (Fsp3) is 0.231. The lowest BCUT2D eigenvalue weighted by molar-refractivity contribution is -0.117. The van der Waals surface area contributed by atoms with E-state index < -0.39 is 6.10 Å². The highest BCUT2D eigenvalue weighted by molar-refractivity contribution is 5.97. The minimum Gasteiger partial charge on any atom is -0.391 e. The lowest BCUT2D eigenvalue weighted by Crippen LogP contribution is -2.26. The van der Waals surface area contributed by atoms with Gasteiger partial charge in [-0.3, -0.25) is 4.79 Å². The van der Waals surface area contributed by atoms with Crippen LogP contribution in [0.2, 0.25) is 0 Å². The van der Waals surface area contributed by atoms with Gasteiger partial charge in [-0.25, -0.2) is 4.68 Å². The molecule has 2 aromatic rings. The number of carbonyl (C=O) groups excluding carboxylic acids is 1. The van der Waals surface area contributed by atoms with Crippen LogP contribution in [0.15, 0.2) is 42.7 Å². The van der Waals surface area contributed by atoms with Crippen molar-refractivity contribution in [3.05, 3.63) is 42.7 Å². The lowest BCUT2D eigenvalue weighted by atomic mass is 10.2. The number of carbonyl (C=O) groups is 1. The molecule has 1 aromatic carbocycles. The monoisotopic (exact) mass is 243 g/mol. The van der Waals surface area contributed by atoms with Gasteiger partial charge in [-0.05, 0) is 18.2 Å². The average Bonchev–Trinajstić information content (AvgIpc) is 2.99. The summed E-state index contributed by atoms with van der Waals surface area (Å²) in [7, 11) is 0. The summed E-state index contributed by atoms with van der Waals surface area (Å²) >= 11 is 0. The molecule has 1 aliphatic heterocycles. The number of rotatable bonds is 2. The molecule has 1 atom stereocenters. The highest BCUT2D eigenvalue weighted by Crippen LogP contribution is 2.27. The summed E-state index contributed by atoms with van der Waals surface area (Å²) in [6, 6.07) is 9.38. The number of benzene rings is 1.